The summed E-state index contributed by atoms with van der Waals surface area (Å²) in [5, 5.41) is 3.57. The number of rotatable bonds is 6. The molecule has 1 amide bonds. The standard InChI is InChI=1S/C18H22ClN5O2/c19-13-3-4-16(26-9-5-20)15(10-13)18(25)23-14-2-1-8-24(12-14)17-11-21-6-7-22-17/h3-4,6-7,10-11,14H,1-2,5,8-9,12,20H2,(H,23,25)/t14-/m1/s1. The van der Waals surface area contributed by atoms with E-state index in [1.807, 2.05) is 0 Å². The first-order chi connectivity index (χ1) is 12.7. The Morgan fingerprint density at radius 3 is 3.08 bits per heavy atom. The Bertz CT molecular complexity index is 744. The lowest BCUT2D eigenvalue weighted by atomic mass is 10.0. The monoisotopic (exact) mass is 375 g/mol. The number of ether oxygens (including phenoxy) is 1. The predicted octanol–water partition coefficient (Wildman–Crippen LogP) is 1.87. The van der Waals surface area contributed by atoms with Crippen molar-refractivity contribution in [2.45, 2.75) is 18.9 Å². The van der Waals surface area contributed by atoms with Crippen LogP contribution in [0.3, 0.4) is 0 Å². The van der Waals surface area contributed by atoms with Gasteiger partial charge in [0, 0.05) is 43.1 Å². The number of amides is 1. The third-order valence-corrected chi connectivity index (χ3v) is 4.43. The van der Waals surface area contributed by atoms with E-state index in [0.717, 1.165) is 25.2 Å². The number of halogens is 1. The van der Waals surface area contributed by atoms with E-state index in [2.05, 4.69) is 20.2 Å². The van der Waals surface area contributed by atoms with Crippen LogP contribution in [0.25, 0.3) is 0 Å². The van der Waals surface area contributed by atoms with Gasteiger partial charge < -0.3 is 20.7 Å². The normalized spacial score (nSPS) is 17.0. The van der Waals surface area contributed by atoms with E-state index in [1.54, 1.807) is 36.8 Å². The Morgan fingerprint density at radius 2 is 2.31 bits per heavy atom. The van der Waals surface area contributed by atoms with Crippen molar-refractivity contribution in [3.05, 3.63) is 47.4 Å². The molecule has 1 aromatic carbocycles. The van der Waals surface area contributed by atoms with Crippen LogP contribution in [0.5, 0.6) is 5.75 Å². The Hall–Kier alpha value is -2.38. The molecule has 2 heterocycles. The number of aromatic nitrogens is 2. The molecule has 1 atom stereocenters. The van der Waals surface area contributed by atoms with Gasteiger partial charge in [-0.2, -0.15) is 0 Å². The van der Waals surface area contributed by atoms with Crippen LogP contribution in [0.15, 0.2) is 36.8 Å². The molecule has 2 aromatic rings. The van der Waals surface area contributed by atoms with Gasteiger partial charge in [-0.15, -0.1) is 0 Å². The fourth-order valence-corrected chi connectivity index (χ4v) is 3.17. The maximum Gasteiger partial charge on any atom is 0.255 e. The molecule has 1 aromatic heterocycles. The molecule has 3 N–H and O–H groups in total. The van der Waals surface area contributed by atoms with Gasteiger partial charge in [-0.3, -0.25) is 9.78 Å². The van der Waals surface area contributed by atoms with Crippen molar-refractivity contribution in [1.29, 1.82) is 0 Å². The summed E-state index contributed by atoms with van der Waals surface area (Å²) in [5.74, 6) is 1.10. The highest BCUT2D eigenvalue weighted by molar-refractivity contribution is 6.31. The summed E-state index contributed by atoms with van der Waals surface area (Å²) in [6, 6.07) is 5.02. The molecule has 3 rings (SSSR count). The molecular formula is C18H22ClN5O2. The number of nitrogens with one attached hydrogen (secondary N) is 1. The van der Waals surface area contributed by atoms with Gasteiger partial charge in [0.2, 0.25) is 0 Å². The third kappa shape index (κ3) is 4.62. The summed E-state index contributed by atoms with van der Waals surface area (Å²) in [6.07, 6.45) is 6.93. The molecule has 1 aliphatic rings. The minimum absolute atomic E-state index is 0.0135. The van der Waals surface area contributed by atoms with Gasteiger partial charge >= 0.3 is 0 Å². The van der Waals surface area contributed by atoms with Crippen molar-refractivity contribution in [3.63, 3.8) is 0 Å². The molecule has 7 nitrogen and oxygen atoms in total. The van der Waals surface area contributed by atoms with Gasteiger partial charge in [-0.05, 0) is 31.0 Å². The minimum atomic E-state index is -0.203. The number of carbonyl (C=O) groups excluding carboxylic acids is 1. The first-order valence-electron chi connectivity index (χ1n) is 8.61. The summed E-state index contributed by atoms with van der Waals surface area (Å²) in [6.45, 7) is 2.29. The molecule has 0 saturated carbocycles. The van der Waals surface area contributed by atoms with E-state index >= 15 is 0 Å². The fraction of sp³-hybridized carbons (Fsp3) is 0.389. The number of nitrogens with zero attached hydrogens (tertiary/aromatic N) is 3. The van der Waals surface area contributed by atoms with Crippen LogP contribution < -0.4 is 20.7 Å². The highest BCUT2D eigenvalue weighted by atomic mass is 35.5. The quantitative estimate of drug-likeness (QED) is 0.800. The van der Waals surface area contributed by atoms with E-state index in [-0.39, 0.29) is 11.9 Å². The second kappa shape index (κ2) is 8.82. The number of benzene rings is 1. The Balaban J connectivity index is 1.68. The molecule has 0 bridgehead atoms. The first-order valence-corrected chi connectivity index (χ1v) is 8.99. The van der Waals surface area contributed by atoms with Crippen LogP contribution in [0, 0.1) is 0 Å². The minimum Gasteiger partial charge on any atom is -0.491 e. The Labute approximate surface area is 157 Å². The van der Waals surface area contributed by atoms with Crippen molar-refractivity contribution in [3.8, 4) is 5.75 Å². The third-order valence-electron chi connectivity index (χ3n) is 4.19. The molecule has 8 heteroatoms. The van der Waals surface area contributed by atoms with Crippen molar-refractivity contribution < 1.29 is 9.53 Å². The highest BCUT2D eigenvalue weighted by Crippen LogP contribution is 2.24. The molecule has 0 radical (unpaired) electrons. The largest absolute Gasteiger partial charge is 0.491 e. The summed E-state index contributed by atoms with van der Waals surface area (Å²) in [7, 11) is 0. The van der Waals surface area contributed by atoms with Crippen LogP contribution in [0.2, 0.25) is 5.02 Å². The average molecular weight is 376 g/mol. The lowest BCUT2D eigenvalue weighted by Crippen LogP contribution is -2.48. The van der Waals surface area contributed by atoms with Gasteiger partial charge in [0.25, 0.3) is 5.91 Å². The molecule has 1 aliphatic heterocycles. The van der Waals surface area contributed by atoms with Crippen LogP contribution in [-0.2, 0) is 0 Å². The summed E-state index contributed by atoms with van der Waals surface area (Å²) < 4.78 is 5.57. The number of anilines is 1. The topological polar surface area (TPSA) is 93.4 Å². The lowest BCUT2D eigenvalue weighted by Gasteiger charge is -2.33. The lowest BCUT2D eigenvalue weighted by molar-refractivity contribution is 0.0929. The SMILES string of the molecule is NCCOc1ccc(Cl)cc1C(=O)N[C@@H]1CCCN(c2cnccn2)C1. The summed E-state index contributed by atoms with van der Waals surface area (Å²) in [4.78, 5) is 23.3. The van der Waals surface area contributed by atoms with Gasteiger partial charge in [-0.25, -0.2) is 4.98 Å². The number of piperidine rings is 1. The molecule has 138 valence electrons. The van der Waals surface area contributed by atoms with Gasteiger partial charge in [0.05, 0.1) is 11.8 Å². The Kier molecular flexibility index (Phi) is 6.25. The van der Waals surface area contributed by atoms with E-state index in [0.29, 0.717) is 36.0 Å². The fourth-order valence-electron chi connectivity index (χ4n) is 3.00. The van der Waals surface area contributed by atoms with Crippen LogP contribution in [-0.4, -0.2) is 48.2 Å². The van der Waals surface area contributed by atoms with Crippen molar-refractivity contribution in [1.82, 2.24) is 15.3 Å². The Morgan fingerprint density at radius 1 is 1.42 bits per heavy atom. The molecule has 1 fully saturated rings. The van der Waals surface area contributed by atoms with Crippen molar-refractivity contribution in [2.75, 3.05) is 31.1 Å². The first kappa shape index (κ1) is 18.4. The molecule has 1 saturated heterocycles. The predicted molar refractivity (Wildman–Crippen MR) is 101 cm³/mol. The molecule has 26 heavy (non-hydrogen) atoms. The van der Waals surface area contributed by atoms with Crippen molar-refractivity contribution >= 4 is 23.3 Å². The highest BCUT2D eigenvalue weighted by Gasteiger charge is 2.24. The van der Waals surface area contributed by atoms with Gasteiger partial charge in [-0.1, -0.05) is 11.6 Å². The zero-order valence-electron chi connectivity index (χ0n) is 14.4. The van der Waals surface area contributed by atoms with E-state index < -0.39 is 0 Å². The van der Waals surface area contributed by atoms with Crippen LogP contribution >= 0.6 is 11.6 Å². The molecule has 0 unspecified atom stereocenters. The number of nitrogens with two attached hydrogens (primary N) is 1. The smallest absolute Gasteiger partial charge is 0.255 e. The van der Waals surface area contributed by atoms with E-state index in [1.165, 1.54) is 0 Å². The van der Waals surface area contributed by atoms with Gasteiger partial charge in [0.1, 0.15) is 18.2 Å². The number of hydrogen-bond donors (Lipinski definition) is 2. The second-order valence-electron chi connectivity index (χ2n) is 6.10. The second-order valence-corrected chi connectivity index (χ2v) is 6.54. The molecule has 0 spiro atoms. The summed E-state index contributed by atoms with van der Waals surface area (Å²) in [5.41, 5.74) is 5.90. The van der Waals surface area contributed by atoms with E-state index in [4.69, 9.17) is 22.1 Å². The number of carbonyl (C=O) groups is 1. The molecule has 0 aliphatic carbocycles. The van der Waals surface area contributed by atoms with E-state index in [9.17, 15) is 4.79 Å². The van der Waals surface area contributed by atoms with Crippen molar-refractivity contribution in [2.24, 2.45) is 5.73 Å². The average Bonchev–Trinajstić information content (AvgIpc) is 2.68. The number of hydrogen-bond acceptors (Lipinski definition) is 6. The summed E-state index contributed by atoms with van der Waals surface area (Å²) >= 11 is 6.06. The zero-order valence-corrected chi connectivity index (χ0v) is 15.2. The van der Waals surface area contributed by atoms with Crippen LogP contribution in [0.4, 0.5) is 5.82 Å². The maximum absolute atomic E-state index is 12.8. The van der Waals surface area contributed by atoms with Crippen LogP contribution in [0.1, 0.15) is 23.2 Å². The maximum atomic E-state index is 12.8. The van der Waals surface area contributed by atoms with Gasteiger partial charge in [0.15, 0.2) is 0 Å². The zero-order chi connectivity index (χ0) is 18.4. The molecular weight excluding hydrogens is 354 g/mol.